The maximum absolute atomic E-state index is 14.8. The fraction of sp³-hybridized carbons (Fsp3) is 0.192. The molecule has 1 heterocycles. The largest absolute Gasteiger partial charge is 0.349 e. The molecule has 1 amide bonds. The van der Waals surface area contributed by atoms with Crippen molar-refractivity contribution in [3.05, 3.63) is 95.3 Å². The van der Waals surface area contributed by atoms with Gasteiger partial charge in [0.05, 0.1) is 5.69 Å². The van der Waals surface area contributed by atoms with Gasteiger partial charge in [0.15, 0.2) is 11.0 Å². The lowest BCUT2D eigenvalue weighted by atomic mass is 10.1. The first-order valence-electron chi connectivity index (χ1n) is 10.9. The normalized spacial score (nSPS) is 13.2. The van der Waals surface area contributed by atoms with Crippen LogP contribution in [0.3, 0.4) is 0 Å². The molecule has 0 unspecified atom stereocenters. The number of carbonyl (C=O) groups is 1. The summed E-state index contributed by atoms with van der Waals surface area (Å²) in [4.78, 5) is 12.7. The molecule has 33 heavy (non-hydrogen) atoms. The summed E-state index contributed by atoms with van der Waals surface area (Å²) in [7, 11) is 0. The van der Waals surface area contributed by atoms with Gasteiger partial charge in [-0.2, -0.15) is 0 Å². The summed E-state index contributed by atoms with van der Waals surface area (Å²) >= 11 is 1.43. The maximum atomic E-state index is 14.8. The molecule has 166 valence electrons. The molecule has 5 nitrogen and oxygen atoms in total. The number of halogens is 1. The van der Waals surface area contributed by atoms with E-state index in [1.807, 2.05) is 55.5 Å². The topological polar surface area (TPSA) is 59.8 Å². The van der Waals surface area contributed by atoms with E-state index in [2.05, 4.69) is 15.5 Å². The highest BCUT2D eigenvalue weighted by Crippen LogP contribution is 2.31. The molecule has 1 aromatic heterocycles. The van der Waals surface area contributed by atoms with Crippen molar-refractivity contribution < 1.29 is 9.18 Å². The Bertz CT molecular complexity index is 1300. The van der Waals surface area contributed by atoms with Crippen molar-refractivity contribution in [1.82, 2.24) is 20.1 Å². The smallest absolute Gasteiger partial charge is 0.251 e. The first kappa shape index (κ1) is 21.4. The lowest BCUT2D eigenvalue weighted by molar-refractivity contribution is 0.0950. The van der Waals surface area contributed by atoms with Crippen LogP contribution in [-0.4, -0.2) is 26.7 Å². The van der Waals surface area contributed by atoms with Gasteiger partial charge in [0.1, 0.15) is 5.82 Å². The quantitative estimate of drug-likeness (QED) is 0.368. The number of hydrogen-bond acceptors (Lipinski definition) is 4. The van der Waals surface area contributed by atoms with Crippen LogP contribution < -0.4 is 5.32 Å². The summed E-state index contributed by atoms with van der Waals surface area (Å²) in [5.41, 5.74) is 3.94. The molecule has 1 aliphatic carbocycles. The summed E-state index contributed by atoms with van der Waals surface area (Å²) in [6.45, 7) is 2.02. The molecule has 4 aromatic rings. The number of thioether (sulfide) groups is 1. The molecular weight excluding hydrogens is 435 g/mol. The standard InChI is InChI=1S/C26H23FN4OS/c1-17-10-12-18(13-11-17)24-29-30-26(31(24)23-9-5-4-8-22(23)27)33-16-19-6-2-3-7-21(19)25(32)28-20-14-15-20/h2-13,20H,14-16H2,1H3,(H,28,32). The van der Waals surface area contributed by atoms with Gasteiger partial charge in [0, 0.05) is 22.9 Å². The van der Waals surface area contributed by atoms with Crippen molar-refractivity contribution in [3.8, 4) is 17.1 Å². The van der Waals surface area contributed by atoms with E-state index in [9.17, 15) is 9.18 Å². The Morgan fingerprint density at radius 3 is 2.52 bits per heavy atom. The van der Waals surface area contributed by atoms with E-state index < -0.39 is 0 Å². The average Bonchev–Trinajstić information content (AvgIpc) is 3.55. The second-order valence-corrected chi connectivity index (χ2v) is 9.10. The number of nitrogens with one attached hydrogen (secondary N) is 1. The van der Waals surface area contributed by atoms with Crippen LogP contribution in [0, 0.1) is 12.7 Å². The van der Waals surface area contributed by atoms with Crippen molar-refractivity contribution in [1.29, 1.82) is 0 Å². The lowest BCUT2D eigenvalue weighted by Gasteiger charge is -2.12. The van der Waals surface area contributed by atoms with Gasteiger partial charge in [-0.15, -0.1) is 10.2 Å². The second-order valence-electron chi connectivity index (χ2n) is 8.15. The molecule has 0 atom stereocenters. The summed E-state index contributed by atoms with van der Waals surface area (Å²) < 4.78 is 16.6. The number of nitrogens with zero attached hydrogens (tertiary/aromatic N) is 3. The van der Waals surface area contributed by atoms with Crippen LogP contribution in [0.4, 0.5) is 4.39 Å². The molecule has 7 heteroatoms. The van der Waals surface area contributed by atoms with Gasteiger partial charge < -0.3 is 5.32 Å². The Balaban J connectivity index is 1.49. The van der Waals surface area contributed by atoms with Crippen molar-refractivity contribution in [2.45, 2.75) is 36.7 Å². The van der Waals surface area contributed by atoms with Gasteiger partial charge in [0.2, 0.25) is 0 Å². The summed E-state index contributed by atoms with van der Waals surface area (Å²) in [5.74, 6) is 0.679. The molecular formula is C26H23FN4OS. The van der Waals surface area contributed by atoms with Gasteiger partial charge in [-0.3, -0.25) is 9.36 Å². The van der Waals surface area contributed by atoms with Gasteiger partial charge in [-0.05, 0) is 43.5 Å². The van der Waals surface area contributed by atoms with Gasteiger partial charge in [-0.25, -0.2) is 4.39 Å². The molecule has 3 aromatic carbocycles. The zero-order chi connectivity index (χ0) is 22.8. The highest BCUT2D eigenvalue weighted by atomic mass is 32.2. The van der Waals surface area contributed by atoms with Gasteiger partial charge in [0.25, 0.3) is 5.91 Å². The van der Waals surface area contributed by atoms with E-state index in [0.717, 1.165) is 29.5 Å². The highest BCUT2D eigenvalue weighted by Gasteiger charge is 2.25. The Labute approximate surface area is 196 Å². The lowest BCUT2D eigenvalue weighted by Crippen LogP contribution is -2.26. The van der Waals surface area contributed by atoms with Gasteiger partial charge >= 0.3 is 0 Å². The zero-order valence-corrected chi connectivity index (χ0v) is 19.0. The third kappa shape index (κ3) is 4.68. The first-order valence-corrected chi connectivity index (χ1v) is 11.9. The van der Waals surface area contributed by atoms with Crippen LogP contribution in [0.15, 0.2) is 78.0 Å². The number of aryl methyl sites for hydroxylation is 1. The fourth-order valence-corrected chi connectivity index (χ4v) is 4.55. The molecule has 1 N–H and O–H groups in total. The average molecular weight is 459 g/mol. The van der Waals surface area contributed by atoms with Crippen LogP contribution in [0.1, 0.15) is 34.3 Å². The van der Waals surface area contributed by atoms with E-state index in [0.29, 0.717) is 34.0 Å². The SMILES string of the molecule is Cc1ccc(-c2nnc(SCc3ccccc3C(=O)NC3CC3)n2-c2ccccc2F)cc1. The van der Waals surface area contributed by atoms with Crippen LogP contribution >= 0.6 is 11.8 Å². The molecule has 0 bridgehead atoms. The fourth-order valence-electron chi connectivity index (χ4n) is 3.60. The number of rotatable bonds is 7. The third-order valence-electron chi connectivity index (χ3n) is 5.57. The summed E-state index contributed by atoms with van der Waals surface area (Å²) in [6, 6.07) is 22.4. The maximum Gasteiger partial charge on any atom is 0.251 e. The van der Waals surface area contributed by atoms with E-state index in [-0.39, 0.29) is 11.7 Å². The molecule has 0 spiro atoms. The van der Waals surface area contributed by atoms with E-state index in [4.69, 9.17) is 0 Å². The van der Waals surface area contributed by atoms with Crippen molar-refractivity contribution in [2.24, 2.45) is 0 Å². The summed E-state index contributed by atoms with van der Waals surface area (Å²) in [6.07, 6.45) is 2.08. The zero-order valence-electron chi connectivity index (χ0n) is 18.2. The molecule has 1 saturated carbocycles. The molecule has 0 radical (unpaired) electrons. The first-order chi connectivity index (χ1) is 16.1. The molecule has 0 aliphatic heterocycles. The number of para-hydroxylation sites is 1. The van der Waals surface area contributed by atoms with E-state index in [1.54, 1.807) is 22.8 Å². The van der Waals surface area contributed by atoms with Crippen molar-refractivity contribution in [2.75, 3.05) is 0 Å². The van der Waals surface area contributed by atoms with Crippen molar-refractivity contribution >= 4 is 17.7 Å². The number of benzene rings is 3. The van der Waals surface area contributed by atoms with E-state index in [1.165, 1.54) is 17.8 Å². The van der Waals surface area contributed by atoms with Gasteiger partial charge in [-0.1, -0.05) is 71.9 Å². The van der Waals surface area contributed by atoms with E-state index >= 15 is 0 Å². The number of carbonyl (C=O) groups excluding carboxylic acids is 1. The summed E-state index contributed by atoms with van der Waals surface area (Å²) in [5, 5.41) is 12.4. The predicted octanol–water partition coefficient (Wildman–Crippen LogP) is 5.57. The Hall–Kier alpha value is -3.45. The Morgan fingerprint density at radius 1 is 1.03 bits per heavy atom. The monoisotopic (exact) mass is 458 g/mol. The third-order valence-corrected chi connectivity index (χ3v) is 6.55. The Kier molecular flexibility index (Phi) is 5.96. The molecule has 5 rings (SSSR count). The molecule has 1 aliphatic rings. The minimum Gasteiger partial charge on any atom is -0.349 e. The van der Waals surface area contributed by atoms with Crippen LogP contribution in [-0.2, 0) is 5.75 Å². The number of aromatic nitrogens is 3. The minimum absolute atomic E-state index is 0.0513. The number of hydrogen-bond donors (Lipinski definition) is 1. The highest BCUT2D eigenvalue weighted by molar-refractivity contribution is 7.98. The minimum atomic E-state index is -0.350. The predicted molar refractivity (Wildman–Crippen MR) is 128 cm³/mol. The van der Waals surface area contributed by atoms with Crippen LogP contribution in [0.5, 0.6) is 0 Å². The second kappa shape index (κ2) is 9.19. The van der Waals surface area contributed by atoms with Crippen LogP contribution in [0.25, 0.3) is 17.1 Å². The molecule has 0 saturated heterocycles. The molecule has 1 fully saturated rings. The van der Waals surface area contributed by atoms with Crippen molar-refractivity contribution in [3.63, 3.8) is 0 Å². The number of amides is 1. The van der Waals surface area contributed by atoms with Crippen LogP contribution in [0.2, 0.25) is 0 Å². The Morgan fingerprint density at radius 2 is 1.76 bits per heavy atom.